The minimum atomic E-state index is -1.05. The molecule has 0 aliphatic carbocycles. The summed E-state index contributed by atoms with van der Waals surface area (Å²) < 4.78 is 15.2. The molecule has 0 saturated carbocycles. The molecule has 1 atom stereocenters. The molecular formula is C13H17FN6O. The summed E-state index contributed by atoms with van der Waals surface area (Å²) >= 11 is 0. The molecule has 0 aliphatic rings. The Bertz CT molecular complexity index is 626. The second-order valence-electron chi connectivity index (χ2n) is 5.04. The number of halogens is 1. The number of anilines is 1. The van der Waals surface area contributed by atoms with Crippen molar-refractivity contribution >= 4 is 11.6 Å². The van der Waals surface area contributed by atoms with E-state index in [1.165, 1.54) is 29.2 Å². The Hall–Kier alpha value is -2.35. The highest BCUT2D eigenvalue weighted by molar-refractivity contribution is 5.97. The van der Waals surface area contributed by atoms with Crippen molar-refractivity contribution < 1.29 is 9.18 Å². The van der Waals surface area contributed by atoms with Gasteiger partial charge >= 0.3 is 0 Å². The molecule has 3 N–H and O–H groups in total. The average Bonchev–Trinajstić information content (AvgIpc) is 2.95. The maximum absolute atomic E-state index is 13.8. The third kappa shape index (κ3) is 3.40. The first-order chi connectivity index (χ1) is 9.94. The number of nitrogens with zero attached hydrogens (tertiary/aromatic N) is 4. The number of tetrazole rings is 1. The van der Waals surface area contributed by atoms with Crippen LogP contribution >= 0.6 is 0 Å². The van der Waals surface area contributed by atoms with E-state index in [9.17, 15) is 9.18 Å². The van der Waals surface area contributed by atoms with E-state index in [0.717, 1.165) is 6.42 Å². The molecule has 2 rings (SSSR count). The van der Waals surface area contributed by atoms with Crippen LogP contribution in [0.25, 0.3) is 5.69 Å². The number of rotatable bonds is 5. The third-order valence-electron chi connectivity index (χ3n) is 3.10. The van der Waals surface area contributed by atoms with Gasteiger partial charge in [0, 0.05) is 0 Å². The number of amides is 1. The summed E-state index contributed by atoms with van der Waals surface area (Å²) in [5.74, 6) is -0.982. The van der Waals surface area contributed by atoms with Crippen molar-refractivity contribution in [2.45, 2.75) is 32.2 Å². The predicted octanol–water partition coefficient (Wildman–Crippen LogP) is 1.26. The Morgan fingerprint density at radius 2 is 2.29 bits per heavy atom. The molecule has 1 heterocycles. The molecule has 2 aromatic rings. The minimum absolute atomic E-state index is 0.0424. The van der Waals surface area contributed by atoms with Crippen molar-refractivity contribution in [2.24, 2.45) is 5.73 Å². The van der Waals surface area contributed by atoms with Crippen LogP contribution in [0.3, 0.4) is 0 Å². The number of aromatic nitrogens is 4. The molecule has 21 heavy (non-hydrogen) atoms. The highest BCUT2D eigenvalue weighted by atomic mass is 19.1. The number of nitrogens with two attached hydrogens (primary N) is 1. The molecule has 0 spiro atoms. The van der Waals surface area contributed by atoms with Crippen molar-refractivity contribution in [2.75, 3.05) is 5.32 Å². The molecule has 0 fully saturated rings. The molecule has 0 radical (unpaired) electrons. The van der Waals surface area contributed by atoms with Gasteiger partial charge < -0.3 is 11.1 Å². The topological polar surface area (TPSA) is 98.7 Å². The van der Waals surface area contributed by atoms with Gasteiger partial charge in [0.1, 0.15) is 12.1 Å². The van der Waals surface area contributed by atoms with Crippen LogP contribution in [-0.2, 0) is 4.79 Å². The highest BCUT2D eigenvalue weighted by Crippen LogP contribution is 2.20. The van der Waals surface area contributed by atoms with E-state index in [4.69, 9.17) is 5.73 Å². The fourth-order valence-corrected chi connectivity index (χ4v) is 1.93. The van der Waals surface area contributed by atoms with Gasteiger partial charge in [-0.1, -0.05) is 13.3 Å². The Labute approximate surface area is 121 Å². The van der Waals surface area contributed by atoms with E-state index in [-0.39, 0.29) is 5.69 Å². The number of hydrogen-bond donors (Lipinski definition) is 2. The van der Waals surface area contributed by atoms with Crippen LogP contribution in [0.2, 0.25) is 0 Å². The fraction of sp³-hybridized carbons (Fsp3) is 0.385. The smallest absolute Gasteiger partial charge is 0.244 e. The van der Waals surface area contributed by atoms with Crippen LogP contribution in [0, 0.1) is 5.82 Å². The molecule has 0 saturated heterocycles. The summed E-state index contributed by atoms with van der Waals surface area (Å²) in [5.41, 5.74) is 5.46. The molecule has 0 aliphatic heterocycles. The quantitative estimate of drug-likeness (QED) is 0.864. The van der Waals surface area contributed by atoms with Crippen molar-refractivity contribution in [1.82, 2.24) is 20.2 Å². The molecule has 1 amide bonds. The van der Waals surface area contributed by atoms with Gasteiger partial charge in [0.25, 0.3) is 0 Å². The van der Waals surface area contributed by atoms with E-state index >= 15 is 0 Å². The van der Waals surface area contributed by atoms with Gasteiger partial charge in [0.05, 0.1) is 16.9 Å². The van der Waals surface area contributed by atoms with E-state index in [1.54, 1.807) is 6.92 Å². The molecule has 1 unspecified atom stereocenters. The van der Waals surface area contributed by atoms with Crippen LogP contribution in [0.15, 0.2) is 24.5 Å². The SMILES string of the molecule is CCCC(C)(N)C(=O)Nc1cc(-n2cnnn2)ccc1F. The Morgan fingerprint density at radius 1 is 1.52 bits per heavy atom. The number of nitrogens with one attached hydrogen (secondary N) is 1. The first-order valence-electron chi connectivity index (χ1n) is 6.57. The highest BCUT2D eigenvalue weighted by Gasteiger charge is 2.27. The van der Waals surface area contributed by atoms with Crippen molar-refractivity contribution in [3.8, 4) is 5.69 Å². The number of carbonyl (C=O) groups is 1. The lowest BCUT2D eigenvalue weighted by molar-refractivity contribution is -0.120. The molecule has 112 valence electrons. The lowest BCUT2D eigenvalue weighted by Crippen LogP contribution is -2.48. The third-order valence-corrected chi connectivity index (χ3v) is 3.10. The summed E-state index contributed by atoms with van der Waals surface area (Å²) in [7, 11) is 0. The lowest BCUT2D eigenvalue weighted by Gasteiger charge is -2.23. The molecular weight excluding hydrogens is 275 g/mol. The van der Waals surface area contributed by atoms with Crippen LogP contribution in [-0.4, -0.2) is 31.7 Å². The number of hydrogen-bond acceptors (Lipinski definition) is 5. The number of carbonyl (C=O) groups excluding carboxylic acids is 1. The van der Waals surface area contributed by atoms with Crippen molar-refractivity contribution in [3.05, 3.63) is 30.3 Å². The largest absolute Gasteiger partial charge is 0.322 e. The van der Waals surface area contributed by atoms with E-state index < -0.39 is 17.3 Å². The minimum Gasteiger partial charge on any atom is -0.322 e. The number of benzene rings is 1. The summed E-state index contributed by atoms with van der Waals surface area (Å²) in [5, 5.41) is 13.2. The zero-order valence-corrected chi connectivity index (χ0v) is 11.9. The lowest BCUT2D eigenvalue weighted by atomic mass is 9.96. The molecule has 1 aromatic heterocycles. The van der Waals surface area contributed by atoms with Gasteiger partial charge in [-0.3, -0.25) is 4.79 Å². The average molecular weight is 292 g/mol. The van der Waals surface area contributed by atoms with Gasteiger partial charge in [-0.2, -0.15) is 0 Å². The molecule has 8 heteroatoms. The van der Waals surface area contributed by atoms with E-state index in [2.05, 4.69) is 20.8 Å². The summed E-state index contributed by atoms with van der Waals surface area (Å²) in [6.45, 7) is 3.55. The molecule has 1 aromatic carbocycles. The zero-order valence-electron chi connectivity index (χ0n) is 11.9. The van der Waals surface area contributed by atoms with Gasteiger partial charge in [0.2, 0.25) is 5.91 Å². The molecule has 7 nitrogen and oxygen atoms in total. The first-order valence-corrected chi connectivity index (χ1v) is 6.57. The normalized spacial score (nSPS) is 13.7. The fourth-order valence-electron chi connectivity index (χ4n) is 1.93. The standard InChI is InChI=1S/C13H17FN6O/c1-3-6-13(2,15)12(21)17-11-7-9(4-5-10(11)14)20-8-16-18-19-20/h4-5,7-8H,3,6,15H2,1-2H3,(H,17,21). The van der Waals surface area contributed by atoms with Gasteiger partial charge in [0.15, 0.2) is 0 Å². The van der Waals surface area contributed by atoms with E-state index in [0.29, 0.717) is 12.1 Å². The van der Waals surface area contributed by atoms with Crippen LogP contribution < -0.4 is 11.1 Å². The summed E-state index contributed by atoms with van der Waals surface area (Å²) in [6.07, 6.45) is 2.64. The van der Waals surface area contributed by atoms with E-state index in [1.807, 2.05) is 6.92 Å². The Balaban J connectivity index is 2.24. The Morgan fingerprint density at radius 3 is 2.90 bits per heavy atom. The van der Waals surface area contributed by atoms with Gasteiger partial charge in [-0.25, -0.2) is 9.07 Å². The van der Waals surface area contributed by atoms with Crippen LogP contribution in [0.4, 0.5) is 10.1 Å². The molecule has 0 bridgehead atoms. The summed E-state index contributed by atoms with van der Waals surface area (Å²) in [4.78, 5) is 12.1. The first kappa shape index (κ1) is 15.0. The van der Waals surface area contributed by atoms with Gasteiger partial charge in [-0.15, -0.1) is 5.10 Å². The van der Waals surface area contributed by atoms with Crippen LogP contribution in [0.1, 0.15) is 26.7 Å². The zero-order chi connectivity index (χ0) is 15.5. The van der Waals surface area contributed by atoms with Gasteiger partial charge in [-0.05, 0) is 42.0 Å². The van der Waals surface area contributed by atoms with Crippen molar-refractivity contribution in [1.29, 1.82) is 0 Å². The Kier molecular flexibility index (Phi) is 4.27. The maximum Gasteiger partial charge on any atom is 0.244 e. The van der Waals surface area contributed by atoms with Crippen molar-refractivity contribution in [3.63, 3.8) is 0 Å². The summed E-state index contributed by atoms with van der Waals surface area (Å²) in [6, 6.07) is 4.20. The maximum atomic E-state index is 13.8. The second-order valence-corrected chi connectivity index (χ2v) is 5.04. The monoisotopic (exact) mass is 292 g/mol. The second kappa shape index (κ2) is 5.96. The predicted molar refractivity (Wildman–Crippen MR) is 75.2 cm³/mol. The van der Waals surface area contributed by atoms with Crippen LogP contribution in [0.5, 0.6) is 0 Å².